The number of hydrogen-bond donors (Lipinski definition) is 2. The number of hydrogen-bond acceptors (Lipinski definition) is 6. The fraction of sp³-hybridized carbons (Fsp3) is 0.636. The standard InChI is InChI=1S/C11H17N5O3/c1-2-13-10(17)7-3-5-16(6-4-7)11(18)8-9(12)15-19-14-8/h7H,2-6H2,1H3,(H2,12,15)(H,13,17). The zero-order valence-corrected chi connectivity index (χ0v) is 10.8. The van der Waals surface area contributed by atoms with Crippen molar-refractivity contribution in [2.75, 3.05) is 25.4 Å². The average Bonchev–Trinajstić information content (AvgIpc) is 2.84. The van der Waals surface area contributed by atoms with Crippen molar-refractivity contribution in [3.63, 3.8) is 0 Å². The molecule has 0 radical (unpaired) electrons. The predicted octanol–water partition coefficient (Wildman–Crippen LogP) is -0.360. The number of likely N-dealkylation sites (tertiary alicyclic amines) is 1. The van der Waals surface area contributed by atoms with Crippen molar-refractivity contribution in [3.05, 3.63) is 5.69 Å². The van der Waals surface area contributed by atoms with Crippen LogP contribution in [0, 0.1) is 5.92 Å². The van der Waals surface area contributed by atoms with Gasteiger partial charge in [0.15, 0.2) is 0 Å². The SMILES string of the molecule is CCNC(=O)C1CCN(C(=O)c2nonc2N)CC1. The Balaban J connectivity index is 1.92. The Morgan fingerprint density at radius 2 is 2.11 bits per heavy atom. The molecule has 104 valence electrons. The molecular weight excluding hydrogens is 250 g/mol. The summed E-state index contributed by atoms with van der Waals surface area (Å²) < 4.78 is 4.41. The third-order valence-corrected chi connectivity index (χ3v) is 3.22. The van der Waals surface area contributed by atoms with E-state index in [4.69, 9.17) is 5.73 Å². The minimum absolute atomic E-state index is 0.00384. The number of aromatic nitrogens is 2. The maximum absolute atomic E-state index is 12.1. The summed E-state index contributed by atoms with van der Waals surface area (Å²) in [7, 11) is 0. The smallest absolute Gasteiger partial charge is 0.280 e. The number of nitrogens with zero attached hydrogens (tertiary/aromatic N) is 3. The maximum atomic E-state index is 12.1. The van der Waals surface area contributed by atoms with Crippen molar-refractivity contribution in [1.82, 2.24) is 20.5 Å². The van der Waals surface area contributed by atoms with Gasteiger partial charge in [-0.05, 0) is 30.1 Å². The number of nitrogens with two attached hydrogens (primary N) is 1. The van der Waals surface area contributed by atoms with Gasteiger partial charge in [0.05, 0.1) is 0 Å². The van der Waals surface area contributed by atoms with Crippen molar-refractivity contribution in [2.45, 2.75) is 19.8 Å². The van der Waals surface area contributed by atoms with Crippen LogP contribution in [0.2, 0.25) is 0 Å². The number of amides is 2. The van der Waals surface area contributed by atoms with Crippen LogP contribution < -0.4 is 11.1 Å². The van der Waals surface area contributed by atoms with Gasteiger partial charge in [-0.2, -0.15) is 0 Å². The van der Waals surface area contributed by atoms with Gasteiger partial charge in [0.2, 0.25) is 17.4 Å². The summed E-state index contributed by atoms with van der Waals surface area (Å²) in [5.74, 6) is -0.280. The minimum atomic E-state index is -0.298. The van der Waals surface area contributed by atoms with E-state index in [1.54, 1.807) is 4.90 Å². The van der Waals surface area contributed by atoms with Crippen molar-refractivity contribution in [2.24, 2.45) is 5.92 Å². The van der Waals surface area contributed by atoms with Crippen molar-refractivity contribution >= 4 is 17.6 Å². The Morgan fingerprint density at radius 1 is 1.42 bits per heavy atom. The molecule has 0 spiro atoms. The van der Waals surface area contributed by atoms with Gasteiger partial charge in [-0.3, -0.25) is 9.59 Å². The summed E-state index contributed by atoms with van der Waals surface area (Å²) >= 11 is 0. The Bertz CT molecular complexity index is 465. The van der Waals surface area contributed by atoms with Gasteiger partial charge in [-0.15, -0.1) is 0 Å². The molecule has 2 rings (SSSR count). The normalized spacial score (nSPS) is 16.4. The molecule has 1 aliphatic rings. The molecule has 1 saturated heterocycles. The number of anilines is 1. The number of piperidine rings is 1. The molecule has 1 aromatic heterocycles. The van der Waals surface area contributed by atoms with Crippen LogP contribution in [0.3, 0.4) is 0 Å². The van der Waals surface area contributed by atoms with Crippen LogP contribution in [-0.4, -0.2) is 46.7 Å². The number of carbonyl (C=O) groups is 2. The first-order valence-electron chi connectivity index (χ1n) is 6.28. The molecule has 8 heteroatoms. The van der Waals surface area contributed by atoms with E-state index in [1.807, 2.05) is 6.92 Å². The van der Waals surface area contributed by atoms with Crippen LogP contribution >= 0.6 is 0 Å². The van der Waals surface area contributed by atoms with Gasteiger partial charge in [-0.1, -0.05) is 0 Å². The van der Waals surface area contributed by atoms with Crippen LogP contribution in [-0.2, 0) is 4.79 Å². The summed E-state index contributed by atoms with van der Waals surface area (Å²) in [5, 5.41) is 9.67. The highest BCUT2D eigenvalue weighted by molar-refractivity contribution is 5.96. The third kappa shape index (κ3) is 2.83. The summed E-state index contributed by atoms with van der Waals surface area (Å²) in [5.41, 5.74) is 5.52. The lowest BCUT2D eigenvalue weighted by molar-refractivity contribution is -0.126. The molecule has 2 heterocycles. The molecule has 8 nitrogen and oxygen atoms in total. The molecule has 19 heavy (non-hydrogen) atoms. The molecule has 0 bridgehead atoms. The molecule has 3 N–H and O–H groups in total. The molecule has 1 aromatic rings. The van der Waals surface area contributed by atoms with E-state index >= 15 is 0 Å². The Labute approximate surface area is 110 Å². The van der Waals surface area contributed by atoms with E-state index < -0.39 is 0 Å². The molecule has 0 aliphatic carbocycles. The molecule has 0 unspecified atom stereocenters. The third-order valence-electron chi connectivity index (χ3n) is 3.22. The second-order valence-electron chi connectivity index (χ2n) is 4.46. The average molecular weight is 267 g/mol. The van der Waals surface area contributed by atoms with Crippen molar-refractivity contribution in [1.29, 1.82) is 0 Å². The van der Waals surface area contributed by atoms with E-state index in [1.165, 1.54) is 0 Å². The van der Waals surface area contributed by atoms with E-state index in [-0.39, 0.29) is 29.2 Å². The molecule has 1 aliphatic heterocycles. The molecular formula is C11H17N5O3. The lowest BCUT2D eigenvalue weighted by Crippen LogP contribution is -2.43. The molecule has 0 saturated carbocycles. The van der Waals surface area contributed by atoms with Gasteiger partial charge >= 0.3 is 0 Å². The molecule has 0 atom stereocenters. The topological polar surface area (TPSA) is 114 Å². The number of nitrogens with one attached hydrogen (secondary N) is 1. The molecule has 2 amide bonds. The van der Waals surface area contributed by atoms with Crippen LogP contribution in [0.1, 0.15) is 30.3 Å². The van der Waals surface area contributed by atoms with Crippen LogP contribution in [0.4, 0.5) is 5.82 Å². The van der Waals surface area contributed by atoms with E-state index in [2.05, 4.69) is 20.3 Å². The second kappa shape index (κ2) is 5.68. The zero-order valence-electron chi connectivity index (χ0n) is 10.8. The maximum Gasteiger partial charge on any atom is 0.280 e. The number of carbonyl (C=O) groups excluding carboxylic acids is 2. The van der Waals surface area contributed by atoms with Crippen molar-refractivity contribution in [3.8, 4) is 0 Å². The fourth-order valence-corrected chi connectivity index (χ4v) is 2.16. The predicted molar refractivity (Wildman–Crippen MR) is 66.0 cm³/mol. The van der Waals surface area contributed by atoms with Crippen molar-refractivity contribution < 1.29 is 14.2 Å². The Kier molecular flexibility index (Phi) is 3.98. The first-order valence-corrected chi connectivity index (χ1v) is 6.28. The largest absolute Gasteiger partial charge is 0.379 e. The highest BCUT2D eigenvalue weighted by Gasteiger charge is 2.29. The number of nitrogen functional groups attached to an aromatic ring is 1. The van der Waals surface area contributed by atoms with E-state index in [0.29, 0.717) is 32.5 Å². The summed E-state index contributed by atoms with van der Waals surface area (Å²) in [6, 6.07) is 0. The molecule has 1 fully saturated rings. The van der Waals surface area contributed by atoms with Crippen LogP contribution in [0.25, 0.3) is 0 Å². The highest BCUT2D eigenvalue weighted by atomic mass is 16.6. The lowest BCUT2D eigenvalue weighted by Gasteiger charge is -2.30. The first kappa shape index (κ1) is 13.3. The van der Waals surface area contributed by atoms with Gasteiger partial charge in [0, 0.05) is 25.6 Å². The van der Waals surface area contributed by atoms with E-state index in [9.17, 15) is 9.59 Å². The van der Waals surface area contributed by atoms with Crippen LogP contribution in [0.5, 0.6) is 0 Å². The van der Waals surface area contributed by atoms with Crippen LogP contribution in [0.15, 0.2) is 4.63 Å². The summed E-state index contributed by atoms with van der Waals surface area (Å²) in [4.78, 5) is 25.4. The molecule has 0 aromatic carbocycles. The monoisotopic (exact) mass is 267 g/mol. The fourth-order valence-electron chi connectivity index (χ4n) is 2.16. The van der Waals surface area contributed by atoms with E-state index in [0.717, 1.165) is 0 Å². The highest BCUT2D eigenvalue weighted by Crippen LogP contribution is 2.19. The van der Waals surface area contributed by atoms with Gasteiger partial charge < -0.3 is 16.0 Å². The lowest BCUT2D eigenvalue weighted by atomic mass is 9.95. The summed E-state index contributed by atoms with van der Waals surface area (Å²) in [6.45, 7) is 3.52. The minimum Gasteiger partial charge on any atom is -0.379 e. The first-order chi connectivity index (χ1) is 9.13. The van der Waals surface area contributed by atoms with Gasteiger partial charge in [0.25, 0.3) is 5.91 Å². The zero-order chi connectivity index (χ0) is 13.8. The Hall–Kier alpha value is -2.12. The van der Waals surface area contributed by atoms with Gasteiger partial charge in [-0.25, -0.2) is 4.63 Å². The Morgan fingerprint density at radius 3 is 2.63 bits per heavy atom. The summed E-state index contributed by atoms with van der Waals surface area (Å²) in [6.07, 6.45) is 1.28. The number of rotatable bonds is 3. The van der Waals surface area contributed by atoms with Gasteiger partial charge in [0.1, 0.15) is 0 Å². The quantitative estimate of drug-likeness (QED) is 0.773. The second-order valence-corrected chi connectivity index (χ2v) is 4.46.